The summed E-state index contributed by atoms with van der Waals surface area (Å²) in [7, 11) is 0. The average molecular weight is 387 g/mol. The highest BCUT2D eigenvalue weighted by Crippen LogP contribution is 2.36. The fourth-order valence-electron chi connectivity index (χ4n) is 3.66. The summed E-state index contributed by atoms with van der Waals surface area (Å²) in [4.78, 5) is 21.9. The Morgan fingerprint density at radius 1 is 1.18 bits per heavy atom. The number of carbonyl (C=O) groups excluding carboxylic acids is 1. The molecule has 5 nitrogen and oxygen atoms in total. The number of nitrogens with one attached hydrogen (secondary N) is 1. The minimum absolute atomic E-state index is 0.171. The summed E-state index contributed by atoms with van der Waals surface area (Å²) in [5.41, 5.74) is 3.99. The van der Waals surface area contributed by atoms with Gasteiger partial charge in [0.05, 0.1) is 16.5 Å². The van der Waals surface area contributed by atoms with Crippen molar-refractivity contribution in [1.29, 1.82) is 0 Å². The van der Waals surface area contributed by atoms with Crippen LogP contribution >= 0.6 is 11.8 Å². The number of aliphatic imine (C=N–C) groups is 1. The molecule has 1 aromatic heterocycles. The zero-order valence-electron chi connectivity index (χ0n) is 14.9. The van der Waals surface area contributed by atoms with Gasteiger partial charge in [-0.1, -0.05) is 36.4 Å². The minimum Gasteiger partial charge on any atom is -0.390 e. The van der Waals surface area contributed by atoms with Gasteiger partial charge in [-0.05, 0) is 52.7 Å². The van der Waals surface area contributed by atoms with Crippen LogP contribution in [-0.2, 0) is 11.2 Å². The van der Waals surface area contributed by atoms with Crippen molar-refractivity contribution in [3.63, 3.8) is 0 Å². The van der Waals surface area contributed by atoms with Crippen LogP contribution in [0.5, 0.6) is 0 Å². The molecule has 1 aliphatic heterocycles. The first-order chi connectivity index (χ1) is 13.7. The predicted molar refractivity (Wildman–Crippen MR) is 112 cm³/mol. The third-order valence-electron chi connectivity index (χ3n) is 5.00. The van der Waals surface area contributed by atoms with Crippen LogP contribution in [0, 0.1) is 0 Å². The number of amides is 1. The molecule has 1 saturated heterocycles. The van der Waals surface area contributed by atoms with Crippen molar-refractivity contribution in [2.45, 2.75) is 18.6 Å². The average Bonchev–Trinajstić information content (AvgIpc) is 3.21. The van der Waals surface area contributed by atoms with Gasteiger partial charge in [0.25, 0.3) is 5.91 Å². The van der Waals surface area contributed by atoms with Crippen molar-refractivity contribution >= 4 is 39.8 Å². The second-order valence-corrected chi connectivity index (χ2v) is 7.90. The number of pyridine rings is 1. The normalized spacial score (nSPS) is 24.1. The molecule has 138 valence electrons. The molecule has 0 saturated carbocycles. The molecule has 2 atom stereocenters. The quantitative estimate of drug-likeness (QED) is 0.661. The first kappa shape index (κ1) is 17.2. The number of nitrogens with zero attached hydrogens (tertiary/aromatic N) is 2. The number of hydrogen-bond acceptors (Lipinski definition) is 5. The van der Waals surface area contributed by atoms with Gasteiger partial charge in [0.15, 0.2) is 5.17 Å². The van der Waals surface area contributed by atoms with E-state index in [0.29, 0.717) is 16.5 Å². The van der Waals surface area contributed by atoms with E-state index in [4.69, 9.17) is 0 Å². The van der Waals surface area contributed by atoms with Gasteiger partial charge < -0.3 is 10.4 Å². The van der Waals surface area contributed by atoms with Crippen molar-refractivity contribution in [1.82, 2.24) is 10.3 Å². The lowest BCUT2D eigenvalue weighted by Gasteiger charge is -2.11. The summed E-state index contributed by atoms with van der Waals surface area (Å²) in [6.07, 6.45) is 3.64. The van der Waals surface area contributed by atoms with Crippen molar-refractivity contribution in [3.05, 3.63) is 82.4 Å². The summed E-state index contributed by atoms with van der Waals surface area (Å²) in [5.74, 6) is -0.171. The number of benzene rings is 2. The van der Waals surface area contributed by atoms with Crippen LogP contribution in [0.25, 0.3) is 17.0 Å². The van der Waals surface area contributed by atoms with E-state index in [1.54, 1.807) is 6.20 Å². The van der Waals surface area contributed by atoms with E-state index in [1.165, 1.54) is 11.8 Å². The SMILES string of the molecule is O=C1NC(=NC2c3ccccc3CC2O)SC1=Cc1ccc2ncccc2c1. The Bertz CT molecular complexity index is 1160. The Balaban J connectivity index is 1.42. The molecule has 1 aliphatic carbocycles. The van der Waals surface area contributed by atoms with Gasteiger partial charge in [-0.3, -0.25) is 14.8 Å². The van der Waals surface area contributed by atoms with Crippen molar-refractivity contribution in [2.75, 3.05) is 0 Å². The van der Waals surface area contributed by atoms with Gasteiger partial charge in [-0.2, -0.15) is 0 Å². The lowest BCUT2D eigenvalue weighted by Crippen LogP contribution is -2.22. The molecule has 6 heteroatoms. The van der Waals surface area contributed by atoms with E-state index in [-0.39, 0.29) is 11.9 Å². The molecule has 2 unspecified atom stereocenters. The summed E-state index contributed by atoms with van der Waals surface area (Å²) in [6, 6.07) is 17.4. The summed E-state index contributed by atoms with van der Waals surface area (Å²) >= 11 is 1.31. The number of rotatable bonds is 2. The van der Waals surface area contributed by atoms with Crippen LogP contribution in [0.3, 0.4) is 0 Å². The summed E-state index contributed by atoms with van der Waals surface area (Å²) in [5, 5.41) is 14.8. The van der Waals surface area contributed by atoms with Crippen molar-refractivity contribution in [2.24, 2.45) is 4.99 Å². The van der Waals surface area contributed by atoms with Gasteiger partial charge in [0, 0.05) is 18.0 Å². The Morgan fingerprint density at radius 3 is 3.00 bits per heavy atom. The van der Waals surface area contributed by atoms with Gasteiger partial charge in [-0.15, -0.1) is 0 Å². The second kappa shape index (κ2) is 6.89. The highest BCUT2D eigenvalue weighted by atomic mass is 32.2. The first-order valence-electron chi connectivity index (χ1n) is 9.07. The lowest BCUT2D eigenvalue weighted by molar-refractivity contribution is -0.115. The van der Waals surface area contributed by atoms with Crippen molar-refractivity contribution < 1.29 is 9.90 Å². The zero-order valence-corrected chi connectivity index (χ0v) is 15.7. The molecule has 0 bridgehead atoms. The van der Waals surface area contributed by atoms with E-state index in [1.807, 2.05) is 60.7 Å². The van der Waals surface area contributed by atoms with Crippen LogP contribution in [0.2, 0.25) is 0 Å². The third kappa shape index (κ3) is 3.10. The molecule has 2 heterocycles. The predicted octanol–water partition coefficient (Wildman–Crippen LogP) is 3.45. The largest absolute Gasteiger partial charge is 0.390 e. The van der Waals surface area contributed by atoms with Crippen LogP contribution < -0.4 is 5.32 Å². The highest BCUT2D eigenvalue weighted by molar-refractivity contribution is 8.18. The highest BCUT2D eigenvalue weighted by Gasteiger charge is 2.33. The maximum absolute atomic E-state index is 12.4. The molecule has 0 radical (unpaired) electrons. The molecule has 1 fully saturated rings. The summed E-state index contributed by atoms with van der Waals surface area (Å²) in [6.45, 7) is 0. The summed E-state index contributed by atoms with van der Waals surface area (Å²) < 4.78 is 0. The molecule has 3 aromatic rings. The Kier molecular flexibility index (Phi) is 4.22. The Hall–Kier alpha value is -2.96. The number of fused-ring (bicyclic) bond motifs is 2. The number of thioether (sulfide) groups is 1. The monoisotopic (exact) mass is 387 g/mol. The molecule has 0 spiro atoms. The molecule has 1 amide bonds. The van der Waals surface area contributed by atoms with Gasteiger partial charge in [-0.25, -0.2) is 0 Å². The van der Waals surface area contributed by atoms with Crippen LogP contribution in [0.1, 0.15) is 22.7 Å². The molecule has 5 rings (SSSR count). The van der Waals surface area contributed by atoms with E-state index >= 15 is 0 Å². The first-order valence-corrected chi connectivity index (χ1v) is 9.88. The third-order valence-corrected chi connectivity index (χ3v) is 5.92. The number of carbonyl (C=O) groups is 1. The molecule has 2 aliphatic rings. The van der Waals surface area contributed by atoms with Crippen LogP contribution in [0.4, 0.5) is 0 Å². The molecular formula is C22H17N3O2S. The molecule has 2 aromatic carbocycles. The number of aromatic nitrogens is 1. The topological polar surface area (TPSA) is 74.6 Å². The molecule has 2 N–H and O–H groups in total. The number of aliphatic hydroxyl groups is 1. The van der Waals surface area contributed by atoms with E-state index in [2.05, 4.69) is 15.3 Å². The van der Waals surface area contributed by atoms with Crippen LogP contribution in [-0.4, -0.2) is 27.3 Å². The molecular weight excluding hydrogens is 370 g/mol. The zero-order chi connectivity index (χ0) is 19.1. The minimum atomic E-state index is -0.566. The van der Waals surface area contributed by atoms with Gasteiger partial charge >= 0.3 is 0 Å². The molecule has 28 heavy (non-hydrogen) atoms. The fraction of sp³-hybridized carbons (Fsp3) is 0.136. The van der Waals surface area contributed by atoms with E-state index in [9.17, 15) is 9.90 Å². The van der Waals surface area contributed by atoms with Gasteiger partial charge in [0.1, 0.15) is 6.04 Å². The lowest BCUT2D eigenvalue weighted by atomic mass is 10.1. The van der Waals surface area contributed by atoms with Gasteiger partial charge in [0.2, 0.25) is 0 Å². The second-order valence-electron chi connectivity index (χ2n) is 6.87. The Morgan fingerprint density at radius 2 is 2.07 bits per heavy atom. The maximum Gasteiger partial charge on any atom is 0.264 e. The maximum atomic E-state index is 12.4. The van der Waals surface area contributed by atoms with E-state index in [0.717, 1.165) is 27.6 Å². The van der Waals surface area contributed by atoms with Crippen molar-refractivity contribution in [3.8, 4) is 0 Å². The van der Waals surface area contributed by atoms with Crippen LogP contribution in [0.15, 0.2) is 70.7 Å². The smallest absolute Gasteiger partial charge is 0.264 e. The van der Waals surface area contributed by atoms with E-state index < -0.39 is 6.10 Å². The number of aliphatic hydroxyl groups excluding tert-OH is 1. The standard InChI is InChI=1S/C22H17N3O2S/c26-18-12-14-4-1-2-6-16(14)20(18)24-22-25-21(27)19(28-22)11-13-7-8-17-15(10-13)5-3-9-23-17/h1-11,18,20,26H,12H2,(H,24,25,27). The number of amidine groups is 1. The fourth-order valence-corrected chi connectivity index (χ4v) is 4.52. The Labute approximate surface area is 166 Å². The number of hydrogen-bond donors (Lipinski definition) is 2.